The van der Waals surface area contributed by atoms with Crippen molar-refractivity contribution in [2.45, 2.75) is 0 Å². The predicted octanol–water partition coefficient (Wildman–Crippen LogP) is 3.56. The van der Waals surface area contributed by atoms with Crippen LogP contribution >= 0.6 is 15.9 Å². The molecule has 0 fully saturated rings. The van der Waals surface area contributed by atoms with Gasteiger partial charge in [0.15, 0.2) is 0 Å². The summed E-state index contributed by atoms with van der Waals surface area (Å²) in [6.07, 6.45) is 0. The summed E-state index contributed by atoms with van der Waals surface area (Å²) >= 11 is 3.13. The highest BCUT2D eigenvalue weighted by Crippen LogP contribution is 2.24. The van der Waals surface area contributed by atoms with Crippen LogP contribution in [0.1, 0.15) is 10.4 Å². The van der Waals surface area contributed by atoms with Crippen molar-refractivity contribution in [1.29, 1.82) is 0 Å². The SMILES string of the molecule is Nc1ccc(C(=O)Nc2ccc(F)cc2Br)cc1F. The van der Waals surface area contributed by atoms with E-state index in [0.29, 0.717) is 10.2 Å². The fourth-order valence-corrected chi connectivity index (χ4v) is 1.90. The van der Waals surface area contributed by atoms with Gasteiger partial charge in [-0.1, -0.05) is 0 Å². The first-order valence-corrected chi connectivity index (χ1v) is 6.08. The minimum absolute atomic E-state index is 0.0282. The normalized spacial score (nSPS) is 10.3. The molecule has 0 saturated carbocycles. The van der Waals surface area contributed by atoms with Gasteiger partial charge < -0.3 is 11.1 Å². The summed E-state index contributed by atoms with van der Waals surface area (Å²) in [5.41, 5.74) is 5.82. The molecule has 6 heteroatoms. The first-order chi connectivity index (χ1) is 8.97. The van der Waals surface area contributed by atoms with E-state index < -0.39 is 17.5 Å². The highest BCUT2D eigenvalue weighted by atomic mass is 79.9. The summed E-state index contributed by atoms with van der Waals surface area (Å²) < 4.78 is 26.5. The molecule has 3 N–H and O–H groups in total. The third-order valence-electron chi connectivity index (χ3n) is 2.44. The van der Waals surface area contributed by atoms with Crippen LogP contribution in [-0.2, 0) is 0 Å². The molecule has 2 aromatic carbocycles. The number of carbonyl (C=O) groups is 1. The van der Waals surface area contributed by atoms with Crippen LogP contribution in [0.25, 0.3) is 0 Å². The second-order valence-corrected chi connectivity index (χ2v) is 4.67. The average Bonchev–Trinajstić information content (AvgIpc) is 2.36. The van der Waals surface area contributed by atoms with Crippen LogP contribution in [0.2, 0.25) is 0 Å². The Labute approximate surface area is 116 Å². The highest BCUT2D eigenvalue weighted by Gasteiger charge is 2.10. The molecule has 3 nitrogen and oxygen atoms in total. The standard InChI is InChI=1S/C13H9BrF2N2O/c14-9-6-8(15)2-4-12(9)18-13(19)7-1-3-11(17)10(16)5-7/h1-6H,17H2,(H,18,19). The average molecular weight is 327 g/mol. The van der Waals surface area contributed by atoms with Gasteiger partial charge >= 0.3 is 0 Å². The molecule has 0 bridgehead atoms. The molecular weight excluding hydrogens is 318 g/mol. The van der Waals surface area contributed by atoms with Crippen LogP contribution in [0.5, 0.6) is 0 Å². The van der Waals surface area contributed by atoms with Gasteiger partial charge in [-0.2, -0.15) is 0 Å². The molecule has 98 valence electrons. The van der Waals surface area contributed by atoms with Crippen molar-refractivity contribution in [3.05, 3.63) is 58.1 Å². The zero-order valence-corrected chi connectivity index (χ0v) is 11.2. The van der Waals surface area contributed by atoms with Crippen molar-refractivity contribution >= 4 is 33.2 Å². The summed E-state index contributed by atoms with van der Waals surface area (Å²) in [6.45, 7) is 0. The molecule has 0 aliphatic rings. The molecule has 0 radical (unpaired) electrons. The summed E-state index contributed by atoms with van der Waals surface area (Å²) in [5.74, 6) is -1.60. The number of hydrogen-bond donors (Lipinski definition) is 2. The Morgan fingerprint density at radius 1 is 1.16 bits per heavy atom. The number of amides is 1. The van der Waals surface area contributed by atoms with E-state index in [0.717, 1.165) is 6.07 Å². The van der Waals surface area contributed by atoms with Crippen LogP contribution in [0.3, 0.4) is 0 Å². The lowest BCUT2D eigenvalue weighted by Gasteiger charge is -2.08. The summed E-state index contributed by atoms with van der Waals surface area (Å²) in [4.78, 5) is 11.9. The molecular formula is C13H9BrF2N2O. The van der Waals surface area contributed by atoms with E-state index in [9.17, 15) is 13.6 Å². The third kappa shape index (κ3) is 3.08. The lowest BCUT2D eigenvalue weighted by atomic mass is 10.2. The number of carbonyl (C=O) groups excluding carboxylic acids is 1. The van der Waals surface area contributed by atoms with Crippen molar-refractivity contribution in [3.63, 3.8) is 0 Å². The predicted molar refractivity (Wildman–Crippen MR) is 72.9 cm³/mol. The Morgan fingerprint density at radius 2 is 1.89 bits per heavy atom. The lowest BCUT2D eigenvalue weighted by Crippen LogP contribution is -2.13. The molecule has 0 spiro atoms. The lowest BCUT2D eigenvalue weighted by molar-refractivity contribution is 0.102. The molecule has 0 atom stereocenters. The van der Waals surface area contributed by atoms with E-state index in [2.05, 4.69) is 21.2 Å². The molecule has 19 heavy (non-hydrogen) atoms. The number of hydrogen-bond acceptors (Lipinski definition) is 2. The first-order valence-electron chi connectivity index (χ1n) is 5.29. The summed E-state index contributed by atoms with van der Waals surface area (Å²) in [6, 6.07) is 7.60. The minimum atomic E-state index is -0.661. The Hall–Kier alpha value is -1.95. The zero-order chi connectivity index (χ0) is 14.0. The number of rotatable bonds is 2. The topological polar surface area (TPSA) is 55.1 Å². The van der Waals surface area contributed by atoms with E-state index in [4.69, 9.17) is 5.73 Å². The van der Waals surface area contributed by atoms with Crippen LogP contribution in [-0.4, -0.2) is 5.91 Å². The maximum Gasteiger partial charge on any atom is 0.255 e. The highest BCUT2D eigenvalue weighted by molar-refractivity contribution is 9.10. The van der Waals surface area contributed by atoms with Crippen LogP contribution in [0.15, 0.2) is 40.9 Å². The van der Waals surface area contributed by atoms with Gasteiger partial charge in [-0.05, 0) is 52.3 Å². The summed E-state index contributed by atoms with van der Waals surface area (Å²) in [7, 11) is 0. The maximum atomic E-state index is 13.2. The molecule has 0 heterocycles. The van der Waals surface area contributed by atoms with Crippen LogP contribution in [0, 0.1) is 11.6 Å². The minimum Gasteiger partial charge on any atom is -0.396 e. The van der Waals surface area contributed by atoms with E-state index >= 15 is 0 Å². The van der Waals surface area contributed by atoms with Gasteiger partial charge in [-0.3, -0.25) is 4.79 Å². The van der Waals surface area contributed by atoms with Gasteiger partial charge in [-0.15, -0.1) is 0 Å². The van der Waals surface area contributed by atoms with Gasteiger partial charge in [0, 0.05) is 10.0 Å². The molecule has 2 rings (SSSR count). The molecule has 0 saturated heterocycles. The van der Waals surface area contributed by atoms with Gasteiger partial charge in [0.25, 0.3) is 5.91 Å². The number of nitrogen functional groups attached to an aromatic ring is 1. The Morgan fingerprint density at radius 3 is 2.53 bits per heavy atom. The van der Waals surface area contributed by atoms with E-state index in [1.807, 2.05) is 0 Å². The maximum absolute atomic E-state index is 13.2. The molecule has 0 aliphatic carbocycles. The number of halogens is 3. The largest absolute Gasteiger partial charge is 0.396 e. The van der Waals surface area contributed by atoms with Crippen molar-refractivity contribution in [1.82, 2.24) is 0 Å². The number of anilines is 2. The van der Waals surface area contributed by atoms with Crippen molar-refractivity contribution in [2.24, 2.45) is 0 Å². The number of nitrogens with one attached hydrogen (secondary N) is 1. The van der Waals surface area contributed by atoms with Gasteiger partial charge in [0.1, 0.15) is 11.6 Å². The van der Waals surface area contributed by atoms with Crippen LogP contribution in [0.4, 0.5) is 20.2 Å². The second-order valence-electron chi connectivity index (χ2n) is 3.81. The Bertz CT molecular complexity index is 647. The number of benzene rings is 2. The number of nitrogens with two attached hydrogens (primary N) is 1. The fourth-order valence-electron chi connectivity index (χ4n) is 1.45. The monoisotopic (exact) mass is 326 g/mol. The van der Waals surface area contributed by atoms with E-state index in [-0.39, 0.29) is 11.3 Å². The molecule has 0 aromatic heterocycles. The molecule has 0 unspecified atom stereocenters. The van der Waals surface area contributed by atoms with Gasteiger partial charge in [0.05, 0.1) is 11.4 Å². The van der Waals surface area contributed by atoms with E-state index in [1.54, 1.807) is 0 Å². The fraction of sp³-hybridized carbons (Fsp3) is 0. The van der Waals surface area contributed by atoms with Crippen molar-refractivity contribution in [3.8, 4) is 0 Å². The Kier molecular flexibility index (Phi) is 3.80. The zero-order valence-electron chi connectivity index (χ0n) is 9.58. The molecule has 2 aromatic rings. The van der Waals surface area contributed by atoms with Gasteiger partial charge in [0.2, 0.25) is 0 Å². The molecule has 0 aliphatic heterocycles. The smallest absolute Gasteiger partial charge is 0.255 e. The quantitative estimate of drug-likeness (QED) is 0.829. The second kappa shape index (κ2) is 5.36. The van der Waals surface area contributed by atoms with Gasteiger partial charge in [-0.25, -0.2) is 8.78 Å². The Balaban J connectivity index is 2.23. The first kappa shape index (κ1) is 13.5. The van der Waals surface area contributed by atoms with E-state index in [1.165, 1.54) is 30.3 Å². The summed E-state index contributed by atoms with van der Waals surface area (Å²) in [5, 5.41) is 2.54. The van der Waals surface area contributed by atoms with Crippen molar-refractivity contribution < 1.29 is 13.6 Å². The molecule has 1 amide bonds. The third-order valence-corrected chi connectivity index (χ3v) is 3.10. The van der Waals surface area contributed by atoms with Crippen molar-refractivity contribution in [2.75, 3.05) is 11.1 Å². The van der Waals surface area contributed by atoms with Crippen LogP contribution < -0.4 is 11.1 Å².